The van der Waals surface area contributed by atoms with Crippen LogP contribution >= 0.6 is 39.3 Å². The highest BCUT2D eigenvalue weighted by atomic mass is 79.9. The molecule has 2 nitrogen and oxygen atoms in total. The molecule has 1 heterocycles. The van der Waals surface area contributed by atoms with Crippen LogP contribution in [0, 0.1) is 5.82 Å². The molecule has 2 unspecified atom stereocenters. The van der Waals surface area contributed by atoms with Crippen LogP contribution in [-0.4, -0.2) is 20.6 Å². The summed E-state index contributed by atoms with van der Waals surface area (Å²) in [5.41, 5.74) is 1.67. The number of hydrogen-bond donors (Lipinski definition) is 0. The summed E-state index contributed by atoms with van der Waals surface area (Å²) in [4.78, 5) is 4.53. The second-order valence-corrected chi connectivity index (χ2v) is 7.92. The summed E-state index contributed by atoms with van der Waals surface area (Å²) < 4.78 is 16.5. The van der Waals surface area contributed by atoms with E-state index >= 15 is 0 Å². The summed E-state index contributed by atoms with van der Waals surface area (Å²) in [5.74, 6) is 2.04. The van der Waals surface area contributed by atoms with Crippen LogP contribution in [0.2, 0.25) is 0 Å². The summed E-state index contributed by atoms with van der Waals surface area (Å²) >= 11 is 11.4. The number of alkyl halides is 1. The molecule has 3 rings (SSSR count). The third-order valence-electron chi connectivity index (χ3n) is 4.05. The van der Waals surface area contributed by atoms with Crippen LogP contribution in [0.15, 0.2) is 16.6 Å². The maximum atomic E-state index is 13.7. The number of rotatable bonds is 4. The van der Waals surface area contributed by atoms with E-state index in [2.05, 4.69) is 32.4 Å². The molecule has 0 amide bonds. The van der Waals surface area contributed by atoms with Crippen molar-refractivity contribution < 1.29 is 4.39 Å². The first kappa shape index (κ1) is 15.6. The van der Waals surface area contributed by atoms with E-state index in [4.69, 9.17) is 11.6 Å². The Balaban J connectivity index is 2.13. The molecule has 2 atom stereocenters. The van der Waals surface area contributed by atoms with E-state index in [-0.39, 0.29) is 5.82 Å². The maximum Gasteiger partial charge on any atom is 0.139 e. The quantitative estimate of drug-likeness (QED) is 0.638. The molecule has 0 spiro atoms. The van der Waals surface area contributed by atoms with E-state index in [0.717, 1.165) is 23.5 Å². The van der Waals surface area contributed by atoms with Gasteiger partial charge in [-0.2, -0.15) is 11.8 Å². The predicted octanol–water partition coefficient (Wildman–Crippen LogP) is 5.52. The Hall–Kier alpha value is -0.260. The molecular weight excluding hydrogens is 375 g/mol. The minimum atomic E-state index is -0.279. The molecule has 114 valence electrons. The molecule has 1 aliphatic carbocycles. The topological polar surface area (TPSA) is 17.8 Å². The van der Waals surface area contributed by atoms with E-state index in [9.17, 15) is 4.39 Å². The highest BCUT2D eigenvalue weighted by Crippen LogP contribution is 2.41. The van der Waals surface area contributed by atoms with Crippen molar-refractivity contribution in [3.05, 3.63) is 28.2 Å². The van der Waals surface area contributed by atoms with Crippen molar-refractivity contribution in [2.24, 2.45) is 0 Å². The van der Waals surface area contributed by atoms with Crippen molar-refractivity contribution in [1.29, 1.82) is 0 Å². The highest BCUT2D eigenvalue weighted by molar-refractivity contribution is 9.10. The van der Waals surface area contributed by atoms with Crippen LogP contribution < -0.4 is 0 Å². The lowest BCUT2D eigenvalue weighted by Gasteiger charge is -2.23. The molecule has 1 aliphatic rings. The van der Waals surface area contributed by atoms with Gasteiger partial charge in [0.05, 0.1) is 21.4 Å². The Bertz CT molecular complexity index is 661. The lowest BCUT2D eigenvalue weighted by atomic mass is 10.2. The molecule has 21 heavy (non-hydrogen) atoms. The van der Waals surface area contributed by atoms with Gasteiger partial charge in [0.25, 0.3) is 0 Å². The van der Waals surface area contributed by atoms with E-state index in [1.807, 2.05) is 17.8 Å². The van der Waals surface area contributed by atoms with E-state index < -0.39 is 0 Å². The molecule has 1 fully saturated rings. The van der Waals surface area contributed by atoms with Crippen molar-refractivity contribution >= 4 is 50.3 Å². The van der Waals surface area contributed by atoms with Crippen LogP contribution in [0.1, 0.15) is 38.1 Å². The van der Waals surface area contributed by atoms with Crippen LogP contribution in [-0.2, 0) is 5.88 Å². The number of fused-ring (bicyclic) bond motifs is 1. The van der Waals surface area contributed by atoms with Crippen molar-refractivity contribution in [2.75, 3.05) is 5.75 Å². The SMILES string of the molecule is CCSC1CCCC1n1c(CCl)nc2cc(F)c(Br)cc21. The minimum Gasteiger partial charge on any atom is -0.323 e. The molecular formula is C15H17BrClFN2S. The van der Waals surface area contributed by atoms with Crippen LogP contribution in [0.3, 0.4) is 0 Å². The Labute approximate surface area is 141 Å². The number of imidazole rings is 1. The molecule has 0 aliphatic heterocycles. The zero-order valence-corrected chi connectivity index (χ0v) is 14.9. The van der Waals surface area contributed by atoms with E-state index in [0.29, 0.717) is 27.2 Å². The summed E-state index contributed by atoms with van der Waals surface area (Å²) in [7, 11) is 0. The zero-order chi connectivity index (χ0) is 15.0. The highest BCUT2D eigenvalue weighted by Gasteiger charge is 2.31. The fraction of sp³-hybridized carbons (Fsp3) is 0.533. The molecule has 1 aromatic carbocycles. The molecule has 1 aromatic heterocycles. The van der Waals surface area contributed by atoms with Gasteiger partial charge in [0.2, 0.25) is 0 Å². The third-order valence-corrected chi connectivity index (χ3v) is 6.21. The van der Waals surface area contributed by atoms with Gasteiger partial charge in [0.15, 0.2) is 0 Å². The summed E-state index contributed by atoms with van der Waals surface area (Å²) in [6.45, 7) is 2.19. The van der Waals surface area contributed by atoms with Gasteiger partial charge in [-0.3, -0.25) is 0 Å². The summed E-state index contributed by atoms with van der Waals surface area (Å²) in [6, 6.07) is 3.73. The molecule has 0 saturated heterocycles. The second-order valence-electron chi connectivity index (χ2n) is 5.28. The van der Waals surface area contributed by atoms with Crippen molar-refractivity contribution in [3.8, 4) is 0 Å². The van der Waals surface area contributed by atoms with Crippen LogP contribution in [0.4, 0.5) is 4.39 Å². The largest absolute Gasteiger partial charge is 0.323 e. The fourth-order valence-electron chi connectivity index (χ4n) is 3.21. The zero-order valence-electron chi connectivity index (χ0n) is 11.8. The number of aromatic nitrogens is 2. The second kappa shape index (κ2) is 6.47. The average molecular weight is 392 g/mol. The number of nitrogens with zero attached hydrogens (tertiary/aromatic N) is 2. The number of halogens is 3. The number of hydrogen-bond acceptors (Lipinski definition) is 2. The van der Waals surface area contributed by atoms with Gasteiger partial charge >= 0.3 is 0 Å². The Morgan fingerprint density at radius 1 is 1.48 bits per heavy atom. The van der Waals surface area contributed by atoms with Gasteiger partial charge in [-0.05, 0) is 40.6 Å². The molecule has 0 N–H and O–H groups in total. The van der Waals surface area contributed by atoms with Gasteiger partial charge in [-0.25, -0.2) is 9.37 Å². The van der Waals surface area contributed by atoms with Gasteiger partial charge in [-0.15, -0.1) is 11.6 Å². The van der Waals surface area contributed by atoms with Gasteiger partial charge in [0.1, 0.15) is 11.6 Å². The molecule has 1 saturated carbocycles. The predicted molar refractivity (Wildman–Crippen MR) is 91.8 cm³/mol. The van der Waals surface area contributed by atoms with Crippen molar-refractivity contribution in [1.82, 2.24) is 9.55 Å². The molecule has 2 aromatic rings. The monoisotopic (exact) mass is 390 g/mol. The third kappa shape index (κ3) is 2.84. The van der Waals surface area contributed by atoms with Gasteiger partial charge < -0.3 is 4.57 Å². The Kier molecular flexibility index (Phi) is 4.81. The molecule has 0 bridgehead atoms. The van der Waals surface area contributed by atoms with E-state index in [1.54, 1.807) is 0 Å². The van der Waals surface area contributed by atoms with Crippen molar-refractivity contribution in [3.63, 3.8) is 0 Å². The Morgan fingerprint density at radius 3 is 3.00 bits per heavy atom. The minimum absolute atomic E-state index is 0.279. The molecule has 0 radical (unpaired) electrons. The fourth-order valence-corrected chi connectivity index (χ4v) is 4.98. The lowest BCUT2D eigenvalue weighted by molar-refractivity contribution is 0.527. The molecule has 6 heteroatoms. The first-order valence-electron chi connectivity index (χ1n) is 7.19. The first-order valence-corrected chi connectivity index (χ1v) is 9.56. The van der Waals surface area contributed by atoms with E-state index in [1.165, 1.54) is 18.9 Å². The first-order chi connectivity index (χ1) is 10.2. The standard InChI is InChI=1S/C15H17BrClFN2S/c1-2-21-14-5-3-4-12(14)20-13-6-9(16)10(18)7-11(13)19-15(20)8-17/h6-7,12,14H,2-5,8H2,1H3. The average Bonchev–Trinajstić information content (AvgIpc) is 3.04. The lowest BCUT2D eigenvalue weighted by Crippen LogP contribution is -2.18. The van der Waals surface area contributed by atoms with Gasteiger partial charge in [-0.1, -0.05) is 13.3 Å². The summed E-state index contributed by atoms with van der Waals surface area (Å²) in [6.07, 6.45) is 3.60. The number of benzene rings is 1. The Morgan fingerprint density at radius 2 is 2.29 bits per heavy atom. The number of thioether (sulfide) groups is 1. The van der Waals surface area contributed by atoms with Crippen molar-refractivity contribution in [2.45, 2.75) is 43.4 Å². The maximum absolute atomic E-state index is 13.7. The normalized spacial score (nSPS) is 22.3. The van der Waals surface area contributed by atoms with Crippen LogP contribution in [0.5, 0.6) is 0 Å². The van der Waals surface area contributed by atoms with Crippen LogP contribution in [0.25, 0.3) is 11.0 Å². The van der Waals surface area contributed by atoms with Gasteiger partial charge in [0, 0.05) is 17.4 Å². The smallest absolute Gasteiger partial charge is 0.139 e. The summed E-state index contributed by atoms with van der Waals surface area (Å²) in [5, 5.41) is 0.596.